The van der Waals surface area contributed by atoms with Crippen LogP contribution in [0.2, 0.25) is 0 Å². The van der Waals surface area contributed by atoms with E-state index in [1.165, 1.54) is 26.2 Å². The van der Waals surface area contributed by atoms with E-state index in [4.69, 9.17) is 9.47 Å². The maximum Gasteiger partial charge on any atom is 0.312 e. The number of carbonyl (C=O) groups excluding carboxylic acids is 2. The molecule has 5 atom stereocenters. The molecular formula is C14H20O4. The van der Waals surface area contributed by atoms with Crippen LogP contribution in [-0.2, 0) is 19.1 Å². The normalized spacial score (nSPS) is 39.7. The number of hydrogen-bond donors (Lipinski definition) is 0. The van der Waals surface area contributed by atoms with Crippen molar-refractivity contribution in [2.24, 2.45) is 23.7 Å². The van der Waals surface area contributed by atoms with Gasteiger partial charge in [-0.1, -0.05) is 6.42 Å². The molecule has 0 aromatic heterocycles. The molecule has 3 rings (SSSR count). The topological polar surface area (TPSA) is 52.6 Å². The molecule has 100 valence electrons. The van der Waals surface area contributed by atoms with Crippen LogP contribution in [0, 0.1) is 23.7 Å². The highest BCUT2D eigenvalue weighted by atomic mass is 16.6. The summed E-state index contributed by atoms with van der Waals surface area (Å²) in [4.78, 5) is 23.1. The highest BCUT2D eigenvalue weighted by Gasteiger charge is 2.49. The monoisotopic (exact) mass is 252 g/mol. The number of ether oxygens (including phenoxy) is 2. The van der Waals surface area contributed by atoms with Crippen LogP contribution in [0.15, 0.2) is 0 Å². The standard InChI is InChI=1S/C14H20O4/c1-8(15)18-13(11-4-5-17-14(11)16)12-7-9-2-3-10(12)6-9/h9-13H,2-7H2,1H3. The Hall–Kier alpha value is -1.06. The van der Waals surface area contributed by atoms with Gasteiger partial charge in [0, 0.05) is 6.92 Å². The van der Waals surface area contributed by atoms with Crippen LogP contribution in [-0.4, -0.2) is 24.6 Å². The highest BCUT2D eigenvalue weighted by molar-refractivity contribution is 5.75. The Balaban J connectivity index is 1.77. The van der Waals surface area contributed by atoms with Crippen molar-refractivity contribution in [2.75, 3.05) is 6.61 Å². The number of carbonyl (C=O) groups is 2. The summed E-state index contributed by atoms with van der Waals surface area (Å²) in [6.45, 7) is 1.91. The van der Waals surface area contributed by atoms with Gasteiger partial charge in [0.2, 0.25) is 0 Å². The van der Waals surface area contributed by atoms with E-state index in [2.05, 4.69) is 0 Å². The van der Waals surface area contributed by atoms with E-state index >= 15 is 0 Å². The van der Waals surface area contributed by atoms with Gasteiger partial charge in [0.25, 0.3) is 0 Å². The molecule has 5 unspecified atom stereocenters. The lowest BCUT2D eigenvalue weighted by atomic mass is 9.79. The molecule has 0 spiro atoms. The van der Waals surface area contributed by atoms with Crippen molar-refractivity contribution in [3.05, 3.63) is 0 Å². The molecule has 2 bridgehead atoms. The van der Waals surface area contributed by atoms with Crippen molar-refractivity contribution in [2.45, 2.75) is 45.1 Å². The second kappa shape index (κ2) is 4.56. The number of rotatable bonds is 3. The molecular weight excluding hydrogens is 232 g/mol. The van der Waals surface area contributed by atoms with Gasteiger partial charge in [-0.2, -0.15) is 0 Å². The summed E-state index contributed by atoms with van der Waals surface area (Å²) in [5.41, 5.74) is 0. The number of esters is 2. The smallest absolute Gasteiger partial charge is 0.312 e. The van der Waals surface area contributed by atoms with Gasteiger partial charge in [0.1, 0.15) is 6.10 Å². The first-order valence-corrected chi connectivity index (χ1v) is 6.99. The fourth-order valence-corrected chi connectivity index (χ4v) is 4.17. The van der Waals surface area contributed by atoms with Crippen molar-refractivity contribution >= 4 is 11.9 Å². The van der Waals surface area contributed by atoms with Gasteiger partial charge in [-0.3, -0.25) is 9.59 Å². The van der Waals surface area contributed by atoms with Crippen LogP contribution in [0.1, 0.15) is 39.0 Å². The summed E-state index contributed by atoms with van der Waals surface area (Å²) in [5.74, 6) is 1.14. The van der Waals surface area contributed by atoms with Crippen LogP contribution in [0.25, 0.3) is 0 Å². The average molecular weight is 252 g/mol. The number of fused-ring (bicyclic) bond motifs is 2. The molecule has 0 aromatic rings. The molecule has 1 aliphatic heterocycles. The van der Waals surface area contributed by atoms with Crippen molar-refractivity contribution in [3.8, 4) is 0 Å². The van der Waals surface area contributed by atoms with Crippen LogP contribution in [0.5, 0.6) is 0 Å². The van der Waals surface area contributed by atoms with Gasteiger partial charge in [0.15, 0.2) is 0 Å². The largest absolute Gasteiger partial charge is 0.465 e. The van der Waals surface area contributed by atoms with E-state index < -0.39 is 0 Å². The van der Waals surface area contributed by atoms with E-state index in [9.17, 15) is 9.59 Å². The summed E-state index contributed by atoms with van der Waals surface area (Å²) in [6, 6.07) is 0. The van der Waals surface area contributed by atoms with Crippen LogP contribution >= 0.6 is 0 Å². The fourth-order valence-electron chi connectivity index (χ4n) is 4.17. The molecule has 3 aliphatic rings. The third-order valence-corrected chi connectivity index (χ3v) is 4.89. The Labute approximate surface area is 107 Å². The predicted molar refractivity (Wildman–Crippen MR) is 63.6 cm³/mol. The molecule has 1 saturated heterocycles. The molecule has 0 aromatic carbocycles. The summed E-state index contributed by atoms with van der Waals surface area (Å²) < 4.78 is 10.5. The van der Waals surface area contributed by atoms with Crippen molar-refractivity contribution in [3.63, 3.8) is 0 Å². The fraction of sp³-hybridized carbons (Fsp3) is 0.857. The summed E-state index contributed by atoms with van der Waals surface area (Å²) in [5, 5.41) is 0. The Kier molecular flexibility index (Phi) is 3.04. The molecule has 4 nitrogen and oxygen atoms in total. The first kappa shape index (κ1) is 12.0. The number of hydrogen-bond acceptors (Lipinski definition) is 4. The Morgan fingerprint density at radius 3 is 2.67 bits per heavy atom. The summed E-state index contributed by atoms with van der Waals surface area (Å²) in [7, 11) is 0. The lowest BCUT2D eigenvalue weighted by molar-refractivity contribution is -0.159. The van der Waals surface area contributed by atoms with E-state index in [-0.39, 0.29) is 24.0 Å². The molecule has 4 heteroatoms. The van der Waals surface area contributed by atoms with Crippen LogP contribution in [0.4, 0.5) is 0 Å². The minimum absolute atomic E-state index is 0.177. The zero-order valence-electron chi connectivity index (χ0n) is 10.8. The van der Waals surface area contributed by atoms with Gasteiger partial charge in [-0.25, -0.2) is 0 Å². The second-order valence-electron chi connectivity index (χ2n) is 5.98. The summed E-state index contributed by atoms with van der Waals surface area (Å²) >= 11 is 0. The maximum atomic E-state index is 11.7. The number of cyclic esters (lactones) is 1. The zero-order valence-corrected chi connectivity index (χ0v) is 10.8. The van der Waals surface area contributed by atoms with Gasteiger partial charge in [-0.15, -0.1) is 0 Å². The lowest BCUT2D eigenvalue weighted by Crippen LogP contribution is -2.38. The lowest BCUT2D eigenvalue weighted by Gasteiger charge is -2.32. The molecule has 0 amide bonds. The second-order valence-corrected chi connectivity index (χ2v) is 5.98. The molecule has 3 fully saturated rings. The first-order chi connectivity index (χ1) is 8.65. The highest BCUT2D eigenvalue weighted by Crippen LogP contribution is 2.51. The predicted octanol–water partition coefficient (Wildman–Crippen LogP) is 1.92. The van der Waals surface area contributed by atoms with Gasteiger partial charge >= 0.3 is 11.9 Å². The minimum Gasteiger partial charge on any atom is -0.465 e. The van der Waals surface area contributed by atoms with Crippen molar-refractivity contribution in [1.82, 2.24) is 0 Å². The quantitative estimate of drug-likeness (QED) is 0.720. The molecule has 2 aliphatic carbocycles. The van der Waals surface area contributed by atoms with Crippen molar-refractivity contribution < 1.29 is 19.1 Å². The van der Waals surface area contributed by atoms with E-state index in [0.29, 0.717) is 24.9 Å². The van der Waals surface area contributed by atoms with Gasteiger partial charge in [0.05, 0.1) is 12.5 Å². The van der Waals surface area contributed by atoms with E-state index in [1.54, 1.807) is 0 Å². The molecule has 2 saturated carbocycles. The van der Waals surface area contributed by atoms with Crippen molar-refractivity contribution in [1.29, 1.82) is 0 Å². The third-order valence-electron chi connectivity index (χ3n) is 4.89. The van der Waals surface area contributed by atoms with Crippen LogP contribution in [0.3, 0.4) is 0 Å². The Morgan fingerprint density at radius 1 is 1.33 bits per heavy atom. The molecule has 0 N–H and O–H groups in total. The SMILES string of the molecule is CC(=O)OC(C1CCOC1=O)C1CC2CCC1C2. The Morgan fingerprint density at radius 2 is 2.17 bits per heavy atom. The summed E-state index contributed by atoms with van der Waals surface area (Å²) in [6.07, 6.45) is 5.37. The van der Waals surface area contributed by atoms with Gasteiger partial charge < -0.3 is 9.47 Å². The first-order valence-electron chi connectivity index (χ1n) is 6.99. The molecule has 1 heterocycles. The van der Waals surface area contributed by atoms with E-state index in [1.807, 2.05) is 0 Å². The third kappa shape index (κ3) is 2.02. The maximum absolute atomic E-state index is 11.7. The minimum atomic E-state index is -0.275. The van der Waals surface area contributed by atoms with Gasteiger partial charge in [-0.05, 0) is 43.4 Å². The van der Waals surface area contributed by atoms with E-state index in [0.717, 1.165) is 12.3 Å². The zero-order chi connectivity index (χ0) is 12.7. The Bertz CT molecular complexity index is 365. The average Bonchev–Trinajstić information content (AvgIpc) is 3.01. The molecule has 0 radical (unpaired) electrons. The molecule has 18 heavy (non-hydrogen) atoms. The van der Waals surface area contributed by atoms with Crippen LogP contribution < -0.4 is 0 Å².